The Hall–Kier alpha value is -1.82. The highest BCUT2D eigenvalue weighted by Crippen LogP contribution is 2.27. The molecule has 102 valence electrons. The first-order valence-corrected chi connectivity index (χ1v) is 7.45. The number of carbonyl (C=O) groups excluding carboxylic acids is 1. The number of rotatable bonds is 3. The lowest BCUT2D eigenvalue weighted by Gasteiger charge is -2.05. The maximum Gasteiger partial charge on any atom is 0.314 e. The van der Waals surface area contributed by atoms with Crippen LogP contribution in [0.4, 0.5) is 0 Å². The average molecular weight is 306 g/mol. The van der Waals surface area contributed by atoms with Crippen molar-refractivity contribution in [3.63, 3.8) is 0 Å². The number of nitrogens with zero attached hydrogens (tertiary/aromatic N) is 1. The van der Waals surface area contributed by atoms with Crippen molar-refractivity contribution >= 4 is 37.4 Å². The lowest BCUT2D eigenvalue weighted by atomic mass is 10.2. The summed E-state index contributed by atoms with van der Waals surface area (Å²) in [5, 5.41) is -2.24. The predicted octanol–water partition coefficient (Wildman–Crippen LogP) is -0.131. The highest BCUT2D eigenvalue weighted by atomic mass is 32.2. The van der Waals surface area contributed by atoms with Crippen LogP contribution in [-0.4, -0.2) is 42.2 Å². The summed E-state index contributed by atoms with van der Waals surface area (Å²) in [5.41, 5.74) is -0.747. The van der Waals surface area contributed by atoms with Crippen LogP contribution in [0.25, 0.3) is 10.9 Å². The van der Waals surface area contributed by atoms with Crippen LogP contribution in [0.15, 0.2) is 22.3 Å². The van der Waals surface area contributed by atoms with Gasteiger partial charge >= 0.3 is 20.2 Å². The van der Waals surface area contributed by atoms with E-state index in [4.69, 9.17) is 9.11 Å². The Morgan fingerprint density at radius 3 is 2.16 bits per heavy atom. The van der Waals surface area contributed by atoms with Crippen molar-refractivity contribution < 1.29 is 30.7 Å². The lowest BCUT2D eigenvalue weighted by Crippen LogP contribution is -2.11. The number of carbonyl (C=O) groups is 1. The Morgan fingerprint density at radius 2 is 1.68 bits per heavy atom. The van der Waals surface area contributed by atoms with E-state index in [-0.39, 0.29) is 17.2 Å². The Morgan fingerprint density at radius 1 is 1.11 bits per heavy atom. The molecular formula is C8H6N2O7S2. The van der Waals surface area contributed by atoms with E-state index < -0.39 is 35.9 Å². The second kappa shape index (κ2) is 4.09. The first-order chi connectivity index (χ1) is 8.66. The maximum absolute atomic E-state index is 11.1. The number of hydrogen-bond donors (Lipinski definition) is 3. The second-order valence-electron chi connectivity index (χ2n) is 3.47. The van der Waals surface area contributed by atoms with Gasteiger partial charge in [0, 0.05) is 11.6 Å². The van der Waals surface area contributed by atoms with Gasteiger partial charge in [-0.25, -0.2) is 4.98 Å². The van der Waals surface area contributed by atoms with Gasteiger partial charge in [-0.2, -0.15) is 16.8 Å². The topological polar surface area (TPSA) is 154 Å². The van der Waals surface area contributed by atoms with E-state index in [1.807, 2.05) is 0 Å². The first kappa shape index (κ1) is 13.6. The van der Waals surface area contributed by atoms with Crippen LogP contribution in [0.1, 0.15) is 10.4 Å². The average Bonchev–Trinajstić information content (AvgIpc) is 2.72. The van der Waals surface area contributed by atoms with Crippen LogP contribution in [-0.2, 0) is 20.2 Å². The van der Waals surface area contributed by atoms with Gasteiger partial charge in [-0.1, -0.05) is 0 Å². The molecule has 9 nitrogen and oxygen atoms in total. The van der Waals surface area contributed by atoms with Crippen LogP contribution in [0.2, 0.25) is 0 Å². The third kappa shape index (κ3) is 2.23. The van der Waals surface area contributed by atoms with E-state index in [9.17, 15) is 21.6 Å². The van der Waals surface area contributed by atoms with E-state index >= 15 is 0 Å². The molecule has 2 rings (SSSR count). The molecule has 0 aromatic carbocycles. The van der Waals surface area contributed by atoms with Gasteiger partial charge < -0.3 is 4.98 Å². The minimum Gasteiger partial charge on any atom is -0.359 e. The maximum atomic E-state index is 11.1. The molecule has 0 amide bonds. The molecule has 0 saturated carbocycles. The zero-order valence-electron chi connectivity index (χ0n) is 8.93. The van der Waals surface area contributed by atoms with Crippen molar-refractivity contribution in [1.82, 2.24) is 9.97 Å². The van der Waals surface area contributed by atoms with E-state index in [1.54, 1.807) is 0 Å². The van der Waals surface area contributed by atoms with Crippen molar-refractivity contribution in [3.05, 3.63) is 17.8 Å². The van der Waals surface area contributed by atoms with Gasteiger partial charge in [-0.3, -0.25) is 13.9 Å². The van der Waals surface area contributed by atoms with Gasteiger partial charge in [-0.15, -0.1) is 0 Å². The summed E-state index contributed by atoms with van der Waals surface area (Å²) in [6, 6.07) is 1.21. The Balaban J connectivity index is 3.11. The minimum absolute atomic E-state index is 0.106. The summed E-state index contributed by atoms with van der Waals surface area (Å²) in [7, 11) is -9.77. The highest BCUT2D eigenvalue weighted by molar-refractivity contribution is 7.86. The predicted molar refractivity (Wildman–Crippen MR) is 61.1 cm³/mol. The standard InChI is InChI=1S/C8H6N2O7S2/c11-3-5-4-1-2-9-6(4)8(19(15,16)17)10-7(5)18(12,13)14/h1-3,9H,(H,12,13,14)(H,15,16,17). The summed E-state index contributed by atoms with van der Waals surface area (Å²) in [6.45, 7) is 0. The zero-order chi connectivity index (χ0) is 14.4. The van der Waals surface area contributed by atoms with E-state index in [0.29, 0.717) is 0 Å². The fourth-order valence-electron chi connectivity index (χ4n) is 1.59. The molecule has 2 aromatic rings. The smallest absolute Gasteiger partial charge is 0.314 e. The van der Waals surface area contributed by atoms with E-state index in [2.05, 4.69) is 9.97 Å². The van der Waals surface area contributed by atoms with Crippen molar-refractivity contribution in [2.24, 2.45) is 0 Å². The summed E-state index contributed by atoms with van der Waals surface area (Å²) >= 11 is 0. The third-order valence-electron chi connectivity index (χ3n) is 2.29. The van der Waals surface area contributed by atoms with Crippen LogP contribution in [0, 0.1) is 0 Å². The largest absolute Gasteiger partial charge is 0.359 e. The van der Waals surface area contributed by atoms with Gasteiger partial charge in [0.05, 0.1) is 11.1 Å². The lowest BCUT2D eigenvalue weighted by molar-refractivity contribution is 0.112. The quantitative estimate of drug-likeness (QED) is 0.523. The molecule has 0 atom stereocenters. The fourth-order valence-corrected chi connectivity index (χ4v) is 2.93. The summed E-state index contributed by atoms with van der Waals surface area (Å²) < 4.78 is 62.4. The van der Waals surface area contributed by atoms with Crippen molar-refractivity contribution in [1.29, 1.82) is 0 Å². The molecule has 0 aliphatic heterocycles. The number of pyridine rings is 1. The van der Waals surface area contributed by atoms with Gasteiger partial charge in [0.2, 0.25) is 5.03 Å². The van der Waals surface area contributed by atoms with Crippen LogP contribution < -0.4 is 0 Å². The number of aromatic nitrogens is 2. The molecule has 0 aliphatic rings. The van der Waals surface area contributed by atoms with Crippen LogP contribution in [0.5, 0.6) is 0 Å². The van der Waals surface area contributed by atoms with Gasteiger partial charge in [0.1, 0.15) is 0 Å². The minimum atomic E-state index is -4.93. The third-order valence-corrected chi connectivity index (χ3v) is 3.88. The molecule has 19 heavy (non-hydrogen) atoms. The van der Waals surface area contributed by atoms with E-state index in [0.717, 1.165) is 0 Å². The fraction of sp³-hybridized carbons (Fsp3) is 0. The summed E-state index contributed by atoms with van der Waals surface area (Å²) in [6.07, 6.45) is 1.34. The highest BCUT2D eigenvalue weighted by Gasteiger charge is 2.27. The molecule has 3 N–H and O–H groups in total. The number of fused-ring (bicyclic) bond motifs is 1. The Bertz CT molecular complexity index is 879. The molecule has 2 aromatic heterocycles. The monoisotopic (exact) mass is 306 g/mol. The zero-order valence-corrected chi connectivity index (χ0v) is 10.6. The number of hydrogen-bond acceptors (Lipinski definition) is 6. The van der Waals surface area contributed by atoms with Crippen LogP contribution in [0.3, 0.4) is 0 Å². The van der Waals surface area contributed by atoms with Crippen molar-refractivity contribution in [2.75, 3.05) is 0 Å². The molecule has 0 unspecified atom stereocenters. The second-order valence-corrected chi connectivity index (χ2v) is 6.14. The van der Waals surface area contributed by atoms with Crippen LogP contribution >= 0.6 is 0 Å². The summed E-state index contributed by atoms with van der Waals surface area (Å²) in [5.74, 6) is 0. The molecule has 0 aliphatic carbocycles. The molecule has 0 radical (unpaired) electrons. The molecule has 0 saturated heterocycles. The Kier molecular flexibility index (Phi) is 2.93. The number of nitrogens with one attached hydrogen (secondary N) is 1. The number of H-pyrrole nitrogens is 1. The molecule has 0 spiro atoms. The van der Waals surface area contributed by atoms with Gasteiger partial charge in [0.25, 0.3) is 0 Å². The normalized spacial score (nSPS) is 12.7. The molecule has 0 bridgehead atoms. The first-order valence-electron chi connectivity index (χ1n) is 4.57. The number of aldehydes is 1. The molecule has 0 fully saturated rings. The van der Waals surface area contributed by atoms with Crippen molar-refractivity contribution in [3.8, 4) is 0 Å². The Labute approximate surface area is 106 Å². The molecule has 11 heteroatoms. The van der Waals surface area contributed by atoms with E-state index in [1.165, 1.54) is 12.3 Å². The SMILES string of the molecule is O=Cc1c(S(=O)(=O)O)nc(S(=O)(=O)O)c2[nH]ccc12. The molecule has 2 heterocycles. The van der Waals surface area contributed by atoms with Gasteiger partial charge in [0.15, 0.2) is 11.3 Å². The number of aromatic amines is 1. The molecular weight excluding hydrogens is 300 g/mol. The van der Waals surface area contributed by atoms with Crippen molar-refractivity contribution in [2.45, 2.75) is 10.1 Å². The summed E-state index contributed by atoms with van der Waals surface area (Å²) in [4.78, 5) is 16.5. The van der Waals surface area contributed by atoms with Gasteiger partial charge in [-0.05, 0) is 6.07 Å².